The third kappa shape index (κ3) is 3.01. The molecule has 1 aromatic carbocycles. The molecular weight excluding hydrogens is 385 g/mol. The van der Waals surface area contributed by atoms with E-state index >= 15 is 0 Å². The first-order valence-electron chi connectivity index (χ1n) is 8.38. The number of halogens is 2. The molecule has 1 aliphatic rings. The fourth-order valence-corrected chi connectivity index (χ4v) is 3.92. The Morgan fingerprint density at radius 1 is 1.20 bits per heavy atom. The lowest BCUT2D eigenvalue weighted by Gasteiger charge is -2.44. The van der Waals surface area contributed by atoms with Crippen molar-refractivity contribution in [2.45, 2.75) is 46.7 Å². The summed E-state index contributed by atoms with van der Waals surface area (Å²) in [4.78, 5) is 19.6. The van der Waals surface area contributed by atoms with Crippen molar-refractivity contribution in [2.75, 3.05) is 6.54 Å². The molecular formula is C19H23BrFN3O. The maximum atomic E-state index is 13.2. The van der Waals surface area contributed by atoms with Crippen molar-refractivity contribution in [3.05, 3.63) is 40.5 Å². The van der Waals surface area contributed by atoms with E-state index in [2.05, 4.69) is 20.5 Å². The van der Waals surface area contributed by atoms with Crippen LogP contribution < -0.4 is 0 Å². The number of carbonyl (C=O) groups excluding carboxylic acids is 1. The Bertz CT molecular complexity index is 818. The molecule has 0 fully saturated rings. The van der Waals surface area contributed by atoms with E-state index < -0.39 is 11.0 Å². The van der Waals surface area contributed by atoms with Crippen molar-refractivity contribution in [1.82, 2.24) is 14.5 Å². The highest BCUT2D eigenvalue weighted by molar-refractivity contribution is 9.10. The number of fused-ring (bicyclic) bond motifs is 1. The van der Waals surface area contributed by atoms with Gasteiger partial charge in [0.1, 0.15) is 21.9 Å². The van der Waals surface area contributed by atoms with Crippen molar-refractivity contribution in [1.29, 1.82) is 0 Å². The third-order valence-electron chi connectivity index (χ3n) is 4.68. The summed E-state index contributed by atoms with van der Waals surface area (Å²) in [6.07, 6.45) is 0. The molecule has 0 saturated heterocycles. The molecule has 0 bridgehead atoms. The number of benzene rings is 1. The predicted octanol–water partition coefficient (Wildman–Crippen LogP) is 4.58. The fourth-order valence-electron chi connectivity index (χ4n) is 3.26. The van der Waals surface area contributed by atoms with Gasteiger partial charge in [0.15, 0.2) is 0 Å². The summed E-state index contributed by atoms with van der Waals surface area (Å²) in [5.74, 6) is 0.680. The van der Waals surface area contributed by atoms with Crippen molar-refractivity contribution < 1.29 is 9.18 Å². The van der Waals surface area contributed by atoms with E-state index in [1.807, 2.05) is 39.5 Å². The zero-order valence-electron chi connectivity index (χ0n) is 15.2. The number of carbonyl (C=O) groups is 1. The molecule has 0 unspecified atom stereocenters. The molecule has 0 atom stereocenters. The van der Waals surface area contributed by atoms with Crippen molar-refractivity contribution in [3.8, 4) is 11.3 Å². The van der Waals surface area contributed by atoms with Crippen LogP contribution in [0.3, 0.4) is 0 Å². The van der Waals surface area contributed by atoms with Crippen molar-refractivity contribution >= 4 is 21.8 Å². The van der Waals surface area contributed by atoms with Crippen LogP contribution in [0.15, 0.2) is 28.9 Å². The first-order chi connectivity index (χ1) is 11.5. The van der Waals surface area contributed by atoms with Crippen LogP contribution in [-0.2, 0) is 16.9 Å². The second-order valence-corrected chi connectivity index (χ2v) is 8.75. The van der Waals surface area contributed by atoms with Gasteiger partial charge in [-0.05, 0) is 54.0 Å². The number of nitrogens with zero attached hydrogens (tertiary/aromatic N) is 3. The monoisotopic (exact) mass is 407 g/mol. The molecule has 134 valence electrons. The van der Waals surface area contributed by atoms with Gasteiger partial charge in [0, 0.05) is 24.1 Å². The SMILES string of the molecule is CC(C)(C)C(=O)N1CCn2c(nc(-c3ccc(F)cc3)c2Br)C1(C)C. The Balaban J connectivity index is 2.07. The summed E-state index contributed by atoms with van der Waals surface area (Å²) < 4.78 is 16.2. The Morgan fingerprint density at radius 2 is 1.80 bits per heavy atom. The Hall–Kier alpha value is -1.69. The predicted molar refractivity (Wildman–Crippen MR) is 99.5 cm³/mol. The molecule has 4 nitrogen and oxygen atoms in total. The molecule has 0 spiro atoms. The number of hydrogen-bond donors (Lipinski definition) is 0. The Kier molecular flexibility index (Phi) is 4.30. The molecule has 1 aliphatic heterocycles. The van der Waals surface area contributed by atoms with Crippen molar-refractivity contribution in [3.63, 3.8) is 0 Å². The molecule has 3 rings (SSSR count). The molecule has 2 aromatic rings. The van der Waals surface area contributed by atoms with Gasteiger partial charge in [-0.15, -0.1) is 0 Å². The highest BCUT2D eigenvalue weighted by atomic mass is 79.9. The minimum absolute atomic E-state index is 0.117. The van der Waals surface area contributed by atoms with E-state index in [0.29, 0.717) is 13.1 Å². The van der Waals surface area contributed by atoms with Crippen LogP contribution in [-0.4, -0.2) is 26.9 Å². The molecule has 0 aliphatic carbocycles. The maximum Gasteiger partial charge on any atom is 0.228 e. The van der Waals surface area contributed by atoms with E-state index in [-0.39, 0.29) is 11.7 Å². The second-order valence-electron chi connectivity index (χ2n) is 8.00. The molecule has 25 heavy (non-hydrogen) atoms. The van der Waals surface area contributed by atoms with Crippen LogP contribution in [0.25, 0.3) is 11.3 Å². The summed E-state index contributed by atoms with van der Waals surface area (Å²) in [6.45, 7) is 11.2. The Labute approximate surface area is 156 Å². The molecule has 6 heteroatoms. The summed E-state index contributed by atoms with van der Waals surface area (Å²) in [5.41, 5.74) is 0.653. The zero-order valence-corrected chi connectivity index (χ0v) is 16.8. The van der Waals surface area contributed by atoms with Gasteiger partial charge < -0.3 is 9.47 Å². The van der Waals surface area contributed by atoms with Crippen LogP contribution in [0.5, 0.6) is 0 Å². The smallest absolute Gasteiger partial charge is 0.228 e. The van der Waals surface area contributed by atoms with Gasteiger partial charge in [-0.2, -0.15) is 0 Å². The number of imidazole rings is 1. The number of aromatic nitrogens is 2. The highest BCUT2D eigenvalue weighted by Gasteiger charge is 2.43. The molecule has 1 aromatic heterocycles. The normalized spacial score (nSPS) is 16.7. The lowest BCUT2D eigenvalue weighted by Crippen LogP contribution is -2.55. The van der Waals surface area contributed by atoms with Gasteiger partial charge in [0.05, 0.1) is 5.54 Å². The van der Waals surface area contributed by atoms with Crippen molar-refractivity contribution in [2.24, 2.45) is 5.41 Å². The highest BCUT2D eigenvalue weighted by Crippen LogP contribution is 2.39. The Morgan fingerprint density at radius 3 is 2.36 bits per heavy atom. The first-order valence-corrected chi connectivity index (χ1v) is 9.17. The molecule has 0 radical (unpaired) electrons. The number of rotatable bonds is 1. The second kappa shape index (κ2) is 5.94. The summed E-state index contributed by atoms with van der Waals surface area (Å²) in [6, 6.07) is 6.31. The van der Waals surface area contributed by atoms with Gasteiger partial charge in [-0.1, -0.05) is 20.8 Å². The third-order valence-corrected chi connectivity index (χ3v) is 5.48. The van der Waals surface area contributed by atoms with Gasteiger partial charge in [-0.25, -0.2) is 9.37 Å². The summed E-state index contributed by atoms with van der Waals surface area (Å²) >= 11 is 3.64. The van der Waals surface area contributed by atoms with Gasteiger partial charge in [0.2, 0.25) is 5.91 Å². The van der Waals surface area contributed by atoms with Crippen LogP contribution in [0.2, 0.25) is 0 Å². The van der Waals surface area contributed by atoms with Crippen LogP contribution in [0.4, 0.5) is 4.39 Å². The van der Waals surface area contributed by atoms with Gasteiger partial charge >= 0.3 is 0 Å². The van der Waals surface area contributed by atoms with Gasteiger partial charge in [0.25, 0.3) is 0 Å². The largest absolute Gasteiger partial charge is 0.328 e. The molecule has 1 amide bonds. The van der Waals surface area contributed by atoms with E-state index in [1.54, 1.807) is 12.1 Å². The van der Waals surface area contributed by atoms with Crippen LogP contribution >= 0.6 is 15.9 Å². The van der Waals surface area contributed by atoms with E-state index in [9.17, 15) is 9.18 Å². The van der Waals surface area contributed by atoms with Gasteiger partial charge in [-0.3, -0.25) is 4.79 Å². The number of amides is 1. The van der Waals surface area contributed by atoms with Crippen LogP contribution in [0, 0.1) is 11.2 Å². The maximum absolute atomic E-state index is 13.2. The molecule has 0 saturated carbocycles. The fraction of sp³-hybridized carbons (Fsp3) is 0.474. The molecule has 2 heterocycles. The first kappa shape index (κ1) is 18.1. The lowest BCUT2D eigenvalue weighted by atomic mass is 9.90. The lowest BCUT2D eigenvalue weighted by molar-refractivity contribution is -0.147. The average Bonchev–Trinajstić information content (AvgIpc) is 2.85. The standard InChI is InChI=1S/C19H23BrFN3O/c1-18(2,3)17(25)24-11-10-23-15(20)14(22-16(23)19(24,4)5)12-6-8-13(21)9-7-12/h6-9H,10-11H2,1-5H3. The van der Waals surface area contributed by atoms with E-state index in [0.717, 1.165) is 21.7 Å². The number of hydrogen-bond acceptors (Lipinski definition) is 2. The van der Waals surface area contributed by atoms with E-state index in [1.165, 1.54) is 12.1 Å². The summed E-state index contributed by atoms with van der Waals surface area (Å²) in [5, 5.41) is 0. The minimum atomic E-state index is -0.524. The summed E-state index contributed by atoms with van der Waals surface area (Å²) in [7, 11) is 0. The molecule has 0 N–H and O–H groups in total. The van der Waals surface area contributed by atoms with Crippen LogP contribution in [0.1, 0.15) is 40.4 Å². The van der Waals surface area contributed by atoms with E-state index in [4.69, 9.17) is 4.98 Å². The average molecular weight is 408 g/mol. The topological polar surface area (TPSA) is 38.1 Å². The zero-order chi connectivity index (χ0) is 18.6. The minimum Gasteiger partial charge on any atom is -0.328 e. The quantitative estimate of drug-likeness (QED) is 0.693.